The van der Waals surface area contributed by atoms with Gasteiger partial charge in [-0.1, -0.05) is 146 Å². The predicted molar refractivity (Wildman–Crippen MR) is 305 cm³/mol. The van der Waals surface area contributed by atoms with Crippen LogP contribution in [0.5, 0.6) is 0 Å². The number of thiophene rings is 3. The van der Waals surface area contributed by atoms with Gasteiger partial charge in [0.15, 0.2) is 0 Å². The van der Waals surface area contributed by atoms with Crippen molar-refractivity contribution >= 4 is 128 Å². The van der Waals surface area contributed by atoms with Crippen LogP contribution in [0, 0.1) is 0 Å². The number of rotatable bonds is 6. The molecule has 10 aromatic carbocycles. The average molecular weight is 973 g/mol. The standard InChI is InChI=1S/C63H36N6S3/c1-4-16-37(17-5-1)61-64-55-58(67(61)40-28-31-52-46(34-40)43-22-10-13-25-49(43)70-52)56-60(69(62(65-56)38-18-6-2-7-19-38)42-30-33-54-48(36-42)45-24-12-15-27-51(45)72-54)57-59(55)68(63(66-57)39-20-8-3-9-21-39)41-29-32-53-47(35-41)44-23-11-14-26-50(44)71-53/h1-36H. The highest BCUT2D eigenvalue weighted by Gasteiger charge is 2.31. The van der Waals surface area contributed by atoms with Gasteiger partial charge in [0.25, 0.3) is 0 Å². The summed E-state index contributed by atoms with van der Waals surface area (Å²) in [6.45, 7) is 0. The van der Waals surface area contributed by atoms with Crippen molar-refractivity contribution in [2.75, 3.05) is 0 Å². The number of fused-ring (bicyclic) bond motifs is 15. The summed E-state index contributed by atoms with van der Waals surface area (Å²) in [5.41, 5.74) is 11.2. The van der Waals surface area contributed by atoms with E-state index in [9.17, 15) is 0 Å². The molecule has 0 aliphatic carbocycles. The molecule has 0 radical (unpaired) electrons. The molecule has 0 N–H and O–H groups in total. The number of aromatic nitrogens is 6. The van der Waals surface area contributed by atoms with E-state index in [-0.39, 0.29) is 0 Å². The fourth-order valence-corrected chi connectivity index (χ4v) is 14.3. The van der Waals surface area contributed by atoms with Crippen LogP contribution < -0.4 is 0 Å². The zero-order chi connectivity index (χ0) is 47.0. The fourth-order valence-electron chi connectivity index (χ4n) is 11.1. The van der Waals surface area contributed by atoms with Crippen molar-refractivity contribution in [2.24, 2.45) is 0 Å². The topological polar surface area (TPSA) is 53.5 Å². The Morgan fingerprint density at radius 2 is 0.514 bits per heavy atom. The molecule has 0 saturated carbocycles. The van der Waals surface area contributed by atoms with Gasteiger partial charge < -0.3 is 0 Å². The quantitative estimate of drug-likeness (QED) is 0.167. The van der Waals surface area contributed by atoms with Gasteiger partial charge in [0, 0.05) is 94.3 Å². The first-order chi connectivity index (χ1) is 35.7. The number of hydrogen-bond donors (Lipinski definition) is 0. The number of hydrogen-bond acceptors (Lipinski definition) is 6. The Balaban J connectivity index is 1.14. The van der Waals surface area contributed by atoms with E-state index in [0.717, 1.165) is 84.3 Å². The Hall–Kier alpha value is -8.73. The molecule has 0 aliphatic heterocycles. The van der Waals surface area contributed by atoms with Gasteiger partial charge in [-0.05, 0) is 72.8 Å². The molecule has 72 heavy (non-hydrogen) atoms. The highest BCUT2D eigenvalue weighted by molar-refractivity contribution is 7.26. The first-order valence-corrected chi connectivity index (χ1v) is 26.5. The molecule has 6 heterocycles. The zero-order valence-corrected chi connectivity index (χ0v) is 40.6. The van der Waals surface area contributed by atoms with Crippen LogP contribution in [-0.2, 0) is 0 Å². The third kappa shape index (κ3) is 5.84. The molecule has 0 bridgehead atoms. The summed E-state index contributed by atoms with van der Waals surface area (Å²) in [6.07, 6.45) is 0. The van der Waals surface area contributed by atoms with Crippen LogP contribution in [0.25, 0.3) is 145 Å². The fraction of sp³-hybridized carbons (Fsp3) is 0. The molecule has 0 unspecified atom stereocenters. The largest absolute Gasteiger partial charge is 0.290 e. The van der Waals surface area contributed by atoms with Crippen molar-refractivity contribution in [3.8, 4) is 51.2 Å². The Morgan fingerprint density at radius 1 is 0.250 bits per heavy atom. The van der Waals surface area contributed by atoms with Gasteiger partial charge in [-0.15, -0.1) is 34.0 Å². The van der Waals surface area contributed by atoms with Gasteiger partial charge in [-0.3, -0.25) is 13.7 Å². The maximum Gasteiger partial charge on any atom is 0.145 e. The maximum absolute atomic E-state index is 5.87. The summed E-state index contributed by atoms with van der Waals surface area (Å²) >= 11 is 5.49. The van der Waals surface area contributed by atoms with E-state index in [2.05, 4.69) is 232 Å². The smallest absolute Gasteiger partial charge is 0.145 e. The van der Waals surface area contributed by atoms with Crippen LogP contribution in [0.4, 0.5) is 0 Å². The van der Waals surface area contributed by atoms with Crippen LogP contribution in [-0.4, -0.2) is 28.7 Å². The summed E-state index contributed by atoms with van der Waals surface area (Å²) in [7, 11) is 0. The van der Waals surface area contributed by atoms with Crippen molar-refractivity contribution in [3.05, 3.63) is 218 Å². The second-order valence-corrected chi connectivity index (χ2v) is 21.6. The number of imidazole rings is 3. The van der Waals surface area contributed by atoms with Crippen molar-refractivity contribution < 1.29 is 0 Å². The van der Waals surface area contributed by atoms with Crippen LogP contribution in [0.1, 0.15) is 0 Å². The predicted octanol–water partition coefficient (Wildman–Crippen LogP) is 17.8. The highest BCUT2D eigenvalue weighted by Crippen LogP contribution is 2.47. The molecule has 0 fully saturated rings. The summed E-state index contributed by atoms with van der Waals surface area (Å²) in [5, 5.41) is 7.37. The minimum Gasteiger partial charge on any atom is -0.290 e. The van der Waals surface area contributed by atoms with Crippen molar-refractivity contribution in [1.29, 1.82) is 0 Å². The molecule has 9 heteroatoms. The monoisotopic (exact) mass is 972 g/mol. The third-order valence-corrected chi connectivity index (χ3v) is 17.7. The van der Waals surface area contributed by atoms with Gasteiger partial charge in [0.2, 0.25) is 0 Å². The Bertz CT molecular complexity index is 4340. The lowest BCUT2D eigenvalue weighted by atomic mass is 10.1. The van der Waals surface area contributed by atoms with Gasteiger partial charge >= 0.3 is 0 Å². The summed E-state index contributed by atoms with van der Waals surface area (Å²) < 4.78 is 14.6. The molecule has 336 valence electrons. The Labute approximate surface area is 423 Å². The van der Waals surface area contributed by atoms with Crippen LogP contribution in [0.15, 0.2) is 218 Å². The molecule has 0 aliphatic rings. The minimum absolute atomic E-state index is 0.820. The molecule has 0 spiro atoms. The van der Waals surface area contributed by atoms with E-state index in [1.54, 1.807) is 0 Å². The summed E-state index contributed by atoms with van der Waals surface area (Å²) in [5.74, 6) is 2.48. The molecular weight excluding hydrogens is 937 g/mol. The van der Waals surface area contributed by atoms with E-state index < -0.39 is 0 Å². The highest BCUT2D eigenvalue weighted by atomic mass is 32.1. The van der Waals surface area contributed by atoms with Crippen molar-refractivity contribution in [1.82, 2.24) is 28.7 Å². The average Bonchev–Trinajstić information content (AvgIpc) is 4.31. The summed E-state index contributed by atoms with van der Waals surface area (Å²) in [6, 6.07) is 78.7. The Morgan fingerprint density at radius 3 is 0.819 bits per heavy atom. The zero-order valence-electron chi connectivity index (χ0n) is 38.2. The first-order valence-electron chi connectivity index (χ1n) is 24.0. The van der Waals surface area contributed by atoms with E-state index in [4.69, 9.17) is 15.0 Å². The van der Waals surface area contributed by atoms with Gasteiger partial charge in [-0.25, -0.2) is 15.0 Å². The van der Waals surface area contributed by atoms with Gasteiger partial charge in [0.1, 0.15) is 50.6 Å². The molecular formula is C63H36N6S3. The Kier molecular flexibility index (Phi) is 8.56. The molecule has 0 atom stereocenters. The molecule has 0 amide bonds. The van der Waals surface area contributed by atoms with E-state index in [1.807, 2.05) is 34.0 Å². The first kappa shape index (κ1) is 40.0. The van der Waals surface area contributed by atoms with Gasteiger partial charge in [0.05, 0.1) is 0 Å². The second kappa shape index (κ2) is 15.4. The van der Waals surface area contributed by atoms with Crippen LogP contribution in [0.3, 0.4) is 0 Å². The molecule has 16 aromatic rings. The third-order valence-electron chi connectivity index (χ3n) is 14.3. The number of nitrogens with zero attached hydrogens (tertiary/aromatic N) is 6. The second-order valence-electron chi connectivity index (χ2n) is 18.3. The maximum atomic E-state index is 5.87. The molecule has 6 aromatic heterocycles. The van der Waals surface area contributed by atoms with Gasteiger partial charge in [-0.2, -0.15) is 0 Å². The van der Waals surface area contributed by atoms with Crippen LogP contribution in [0.2, 0.25) is 0 Å². The minimum atomic E-state index is 0.820. The van der Waals surface area contributed by atoms with E-state index in [0.29, 0.717) is 0 Å². The SMILES string of the molecule is c1ccc(-c2nc3c(c4nc(-c5ccccc5)n(-c5ccc6sc7ccccc7c6c5)c4c4nc(-c5ccccc5)n(-c5ccc6sc7ccccc7c6c5)c34)n2-c2ccc3sc4ccccc4c3c2)cc1. The van der Waals surface area contributed by atoms with E-state index in [1.165, 1.54) is 60.5 Å². The lowest BCUT2D eigenvalue weighted by Crippen LogP contribution is -2.00. The molecule has 0 saturated heterocycles. The van der Waals surface area contributed by atoms with Crippen molar-refractivity contribution in [2.45, 2.75) is 0 Å². The van der Waals surface area contributed by atoms with E-state index >= 15 is 0 Å². The normalized spacial score (nSPS) is 12.2. The van der Waals surface area contributed by atoms with Crippen LogP contribution >= 0.6 is 34.0 Å². The van der Waals surface area contributed by atoms with Crippen molar-refractivity contribution in [3.63, 3.8) is 0 Å². The molecule has 6 nitrogen and oxygen atoms in total. The molecule has 16 rings (SSSR count). The summed E-state index contributed by atoms with van der Waals surface area (Å²) in [4.78, 5) is 17.6. The number of benzene rings is 10. The lowest BCUT2D eigenvalue weighted by molar-refractivity contribution is 1.10. The lowest BCUT2D eigenvalue weighted by Gasteiger charge is -2.13.